The second kappa shape index (κ2) is 9.39. The van der Waals surface area contributed by atoms with E-state index >= 15 is 0 Å². The lowest BCUT2D eigenvalue weighted by atomic mass is 10.1. The number of furan rings is 1. The van der Waals surface area contributed by atoms with Crippen LogP contribution in [0, 0.1) is 17.0 Å². The van der Waals surface area contributed by atoms with Crippen LogP contribution in [-0.4, -0.2) is 30.9 Å². The van der Waals surface area contributed by atoms with E-state index in [4.69, 9.17) is 16.6 Å². The van der Waals surface area contributed by atoms with Gasteiger partial charge in [-0.15, -0.1) is 10.2 Å². The van der Waals surface area contributed by atoms with Gasteiger partial charge in [0.15, 0.2) is 10.9 Å². The van der Waals surface area contributed by atoms with Gasteiger partial charge in [0.25, 0.3) is 11.6 Å². The molecular formula is C25H18N6O4S. The number of nitro groups is 1. The molecule has 0 bridgehead atoms. The van der Waals surface area contributed by atoms with E-state index < -0.39 is 10.8 Å². The van der Waals surface area contributed by atoms with E-state index in [1.807, 2.05) is 49.4 Å². The molecule has 0 radical (unpaired) electrons. The first kappa shape index (κ1) is 22.9. The number of aromatic nitrogens is 3. The van der Waals surface area contributed by atoms with Gasteiger partial charge >= 0.3 is 0 Å². The average molecular weight is 499 g/mol. The van der Waals surface area contributed by atoms with E-state index in [0.717, 1.165) is 16.8 Å². The van der Waals surface area contributed by atoms with E-state index in [0.29, 0.717) is 22.5 Å². The third kappa shape index (κ3) is 4.68. The molecule has 5 aromatic rings. The van der Waals surface area contributed by atoms with Gasteiger partial charge < -0.3 is 9.73 Å². The van der Waals surface area contributed by atoms with Crippen molar-refractivity contribution in [3.05, 3.63) is 100 Å². The van der Waals surface area contributed by atoms with Crippen LogP contribution in [0.4, 0.5) is 11.4 Å². The second-order valence-electron chi connectivity index (χ2n) is 7.86. The maximum Gasteiger partial charge on any atom is 0.293 e. The summed E-state index contributed by atoms with van der Waals surface area (Å²) in [5.74, 6) is -0.220. The van der Waals surface area contributed by atoms with Crippen molar-refractivity contribution in [2.45, 2.75) is 6.92 Å². The number of rotatable bonds is 5. The number of nitrogens with one attached hydrogen (secondary N) is 2. The number of thiocarbonyl (C=S) groups is 1. The van der Waals surface area contributed by atoms with Gasteiger partial charge in [-0.1, -0.05) is 30.3 Å². The predicted molar refractivity (Wildman–Crippen MR) is 138 cm³/mol. The molecule has 10 nitrogen and oxygen atoms in total. The highest BCUT2D eigenvalue weighted by Gasteiger charge is 2.16. The van der Waals surface area contributed by atoms with Gasteiger partial charge in [-0.2, -0.15) is 4.80 Å². The summed E-state index contributed by atoms with van der Waals surface area (Å²) in [7, 11) is 0. The Bertz CT molecular complexity index is 1630. The van der Waals surface area contributed by atoms with Gasteiger partial charge in [0, 0.05) is 23.4 Å². The summed E-state index contributed by atoms with van der Waals surface area (Å²) in [5, 5.41) is 25.7. The van der Waals surface area contributed by atoms with Crippen LogP contribution in [0.3, 0.4) is 0 Å². The van der Waals surface area contributed by atoms with Crippen molar-refractivity contribution < 1.29 is 14.1 Å². The van der Waals surface area contributed by atoms with Crippen LogP contribution in [0.25, 0.3) is 28.0 Å². The molecule has 2 aromatic heterocycles. The maximum absolute atomic E-state index is 12.7. The summed E-state index contributed by atoms with van der Waals surface area (Å²) in [4.78, 5) is 24.7. The summed E-state index contributed by atoms with van der Waals surface area (Å²) < 4.78 is 5.60. The largest absolute Gasteiger partial charge is 0.451 e. The van der Waals surface area contributed by atoms with Crippen molar-refractivity contribution in [2.75, 3.05) is 5.32 Å². The number of fused-ring (bicyclic) bond motifs is 1. The number of amides is 1. The lowest BCUT2D eigenvalue weighted by molar-refractivity contribution is -0.384. The average Bonchev–Trinajstić information content (AvgIpc) is 3.52. The zero-order valence-electron chi connectivity index (χ0n) is 18.8. The molecule has 0 saturated heterocycles. The van der Waals surface area contributed by atoms with Crippen LogP contribution in [0.5, 0.6) is 0 Å². The summed E-state index contributed by atoms with van der Waals surface area (Å²) in [6.45, 7) is 1.89. The van der Waals surface area contributed by atoms with Crippen molar-refractivity contribution >= 4 is 45.6 Å². The number of carbonyl (C=O) groups excluding carboxylic acids is 1. The van der Waals surface area contributed by atoms with Crippen LogP contribution >= 0.6 is 12.2 Å². The van der Waals surface area contributed by atoms with Crippen molar-refractivity contribution in [2.24, 2.45) is 0 Å². The molecule has 0 unspecified atom stereocenters. The van der Waals surface area contributed by atoms with Gasteiger partial charge in [0.2, 0.25) is 0 Å². The lowest BCUT2D eigenvalue weighted by Crippen LogP contribution is -2.34. The number of carbonyl (C=O) groups is 1. The molecular weight excluding hydrogens is 480 g/mol. The van der Waals surface area contributed by atoms with E-state index in [-0.39, 0.29) is 16.6 Å². The fourth-order valence-electron chi connectivity index (χ4n) is 3.59. The Morgan fingerprint density at radius 3 is 2.50 bits per heavy atom. The van der Waals surface area contributed by atoms with Gasteiger partial charge in [-0.25, -0.2) is 0 Å². The summed E-state index contributed by atoms with van der Waals surface area (Å²) in [6, 6.07) is 22.3. The van der Waals surface area contributed by atoms with Gasteiger partial charge in [-0.05, 0) is 61.1 Å². The van der Waals surface area contributed by atoms with Crippen molar-refractivity contribution in [3.8, 4) is 17.0 Å². The number of benzene rings is 3. The molecule has 3 aromatic carbocycles. The van der Waals surface area contributed by atoms with E-state index in [2.05, 4.69) is 20.8 Å². The van der Waals surface area contributed by atoms with Crippen LogP contribution in [0.1, 0.15) is 16.1 Å². The van der Waals surface area contributed by atoms with Gasteiger partial charge in [0.1, 0.15) is 16.8 Å². The molecule has 0 aliphatic heterocycles. The minimum absolute atomic E-state index is 0.0126. The molecule has 0 spiro atoms. The lowest BCUT2D eigenvalue weighted by Gasteiger charge is -2.10. The third-order valence-electron chi connectivity index (χ3n) is 5.36. The van der Waals surface area contributed by atoms with Crippen LogP contribution in [0.2, 0.25) is 0 Å². The Morgan fingerprint density at radius 2 is 1.75 bits per heavy atom. The van der Waals surface area contributed by atoms with Gasteiger partial charge in [-0.3, -0.25) is 20.2 Å². The minimum atomic E-state index is -0.557. The molecule has 0 aliphatic rings. The van der Waals surface area contributed by atoms with Crippen molar-refractivity contribution in [1.29, 1.82) is 0 Å². The van der Waals surface area contributed by atoms with Crippen LogP contribution in [-0.2, 0) is 0 Å². The first-order valence-corrected chi connectivity index (χ1v) is 11.2. The topological polar surface area (TPSA) is 128 Å². The number of para-hydroxylation sites is 1. The smallest absolute Gasteiger partial charge is 0.293 e. The first-order valence-electron chi connectivity index (χ1n) is 10.8. The molecule has 178 valence electrons. The Labute approximate surface area is 209 Å². The zero-order valence-corrected chi connectivity index (χ0v) is 19.7. The van der Waals surface area contributed by atoms with Crippen LogP contribution < -0.4 is 10.6 Å². The summed E-state index contributed by atoms with van der Waals surface area (Å²) in [6.07, 6.45) is 0. The molecule has 0 atom stereocenters. The van der Waals surface area contributed by atoms with Crippen molar-refractivity contribution in [3.63, 3.8) is 0 Å². The molecule has 0 saturated carbocycles. The molecule has 0 aliphatic carbocycles. The third-order valence-corrected chi connectivity index (χ3v) is 5.56. The van der Waals surface area contributed by atoms with E-state index in [1.165, 1.54) is 18.2 Å². The Balaban J connectivity index is 1.29. The standard InChI is InChI=1S/C25H18N6O4S/c1-15-12-20-21(29-30(28-20)17-7-3-2-4-8-17)14-19(15)26-25(36)27-24(32)23-11-10-22(35-23)16-6-5-9-18(13-16)31(33)34/h2-14H,1H3,(H2,26,27,32,36). The highest BCUT2D eigenvalue weighted by Crippen LogP contribution is 2.26. The number of aryl methyl sites for hydroxylation is 1. The maximum atomic E-state index is 12.7. The quantitative estimate of drug-likeness (QED) is 0.196. The SMILES string of the molecule is Cc1cc2nn(-c3ccccc3)nc2cc1NC(=S)NC(=O)c1ccc(-c2cccc([N+](=O)[O-])c2)o1. The highest BCUT2D eigenvalue weighted by molar-refractivity contribution is 7.80. The fourth-order valence-corrected chi connectivity index (χ4v) is 3.79. The monoisotopic (exact) mass is 498 g/mol. The van der Waals surface area contributed by atoms with E-state index in [1.54, 1.807) is 23.0 Å². The Hall–Kier alpha value is -4.90. The zero-order chi connectivity index (χ0) is 25.2. The molecule has 2 heterocycles. The summed E-state index contributed by atoms with van der Waals surface area (Å²) in [5.41, 5.74) is 4.17. The molecule has 36 heavy (non-hydrogen) atoms. The Kier molecular flexibility index (Phi) is 5.97. The van der Waals surface area contributed by atoms with Crippen LogP contribution in [0.15, 0.2) is 83.3 Å². The number of nitro benzene ring substituents is 1. The molecule has 2 N–H and O–H groups in total. The number of anilines is 1. The van der Waals surface area contributed by atoms with Gasteiger partial charge in [0.05, 0.1) is 10.6 Å². The molecule has 0 fully saturated rings. The Morgan fingerprint density at radius 1 is 1.00 bits per heavy atom. The normalized spacial score (nSPS) is 10.8. The molecule has 11 heteroatoms. The summed E-state index contributed by atoms with van der Waals surface area (Å²) >= 11 is 5.32. The number of hydrogen-bond donors (Lipinski definition) is 2. The predicted octanol–water partition coefficient (Wildman–Crippen LogP) is 5.02. The van der Waals surface area contributed by atoms with Crippen molar-refractivity contribution in [1.82, 2.24) is 20.3 Å². The van der Waals surface area contributed by atoms with E-state index in [9.17, 15) is 14.9 Å². The fraction of sp³-hybridized carbons (Fsp3) is 0.0400. The number of non-ortho nitro benzene ring substituents is 1. The minimum Gasteiger partial charge on any atom is -0.451 e. The highest BCUT2D eigenvalue weighted by atomic mass is 32.1. The number of nitrogens with zero attached hydrogens (tertiary/aromatic N) is 4. The molecule has 1 amide bonds. The second-order valence-corrected chi connectivity index (χ2v) is 8.27. The number of hydrogen-bond acceptors (Lipinski definition) is 7. The first-order chi connectivity index (χ1) is 17.4. The molecule has 5 rings (SSSR count).